The van der Waals surface area contributed by atoms with Crippen molar-refractivity contribution in [3.8, 4) is 11.5 Å². The fourth-order valence-electron chi connectivity index (χ4n) is 2.67. The normalized spacial score (nSPS) is 10.7. The number of hydrogen-bond acceptors (Lipinski definition) is 3. The van der Waals surface area contributed by atoms with Crippen molar-refractivity contribution in [1.29, 1.82) is 0 Å². The number of hydrogen-bond donors (Lipinski definition) is 1. The molecule has 0 aliphatic heterocycles. The first-order chi connectivity index (χ1) is 14.0. The Bertz CT molecular complexity index is 983. The molecule has 3 aromatic carbocycles. The van der Waals surface area contributed by atoms with Gasteiger partial charge in [-0.3, -0.25) is 0 Å². The van der Waals surface area contributed by atoms with Gasteiger partial charge in [0.25, 0.3) is 0 Å². The third-order valence-electron chi connectivity index (χ3n) is 4.08. The monoisotopic (exact) mass is 497 g/mol. The molecule has 7 heteroatoms. The van der Waals surface area contributed by atoms with Gasteiger partial charge in [0, 0.05) is 12.2 Å². The van der Waals surface area contributed by atoms with Crippen molar-refractivity contribution in [3.63, 3.8) is 0 Å². The van der Waals surface area contributed by atoms with Crippen molar-refractivity contribution >= 4 is 44.8 Å². The molecule has 3 nitrogen and oxygen atoms in total. The summed E-state index contributed by atoms with van der Waals surface area (Å²) in [6.45, 7) is 3.29. The van der Waals surface area contributed by atoms with E-state index in [1.807, 2.05) is 25.1 Å². The molecule has 0 saturated heterocycles. The molecule has 0 aliphatic carbocycles. The van der Waals surface area contributed by atoms with Gasteiger partial charge in [-0.15, -0.1) is 0 Å². The molecule has 0 aromatic heterocycles. The topological polar surface area (TPSA) is 30.5 Å². The van der Waals surface area contributed by atoms with Gasteiger partial charge in [0.15, 0.2) is 11.5 Å². The predicted octanol–water partition coefficient (Wildman–Crippen LogP) is 7.48. The van der Waals surface area contributed by atoms with Gasteiger partial charge in [0.1, 0.15) is 12.4 Å². The fraction of sp³-hybridized carbons (Fsp3) is 0.182. The molecule has 0 amide bonds. The number of anilines is 1. The molecule has 1 N–H and O–H groups in total. The molecule has 0 spiro atoms. The summed E-state index contributed by atoms with van der Waals surface area (Å²) in [4.78, 5) is 0. The van der Waals surface area contributed by atoms with Crippen molar-refractivity contribution < 1.29 is 13.9 Å². The van der Waals surface area contributed by atoms with E-state index in [0.717, 1.165) is 21.3 Å². The lowest BCUT2D eigenvalue weighted by Gasteiger charge is -2.16. The standard InChI is InChI=1S/C22H19BrCl2FNO2/c1-2-28-21-10-15(12-27-17-7-8-19(24)20(25)11-17)9-18(23)22(21)29-13-14-3-5-16(26)6-4-14/h3-11,27H,2,12-13H2,1H3. The molecule has 0 saturated carbocycles. The Kier molecular flexibility index (Phi) is 7.64. The molecule has 0 radical (unpaired) electrons. The summed E-state index contributed by atoms with van der Waals surface area (Å²) < 4.78 is 25.6. The van der Waals surface area contributed by atoms with Gasteiger partial charge in [-0.25, -0.2) is 4.39 Å². The van der Waals surface area contributed by atoms with E-state index in [1.165, 1.54) is 12.1 Å². The maximum Gasteiger partial charge on any atom is 0.175 e. The number of benzene rings is 3. The molecule has 29 heavy (non-hydrogen) atoms. The number of rotatable bonds is 8. The highest BCUT2D eigenvalue weighted by atomic mass is 79.9. The maximum atomic E-state index is 13.1. The first-order valence-electron chi connectivity index (χ1n) is 8.97. The highest BCUT2D eigenvalue weighted by Crippen LogP contribution is 2.38. The van der Waals surface area contributed by atoms with E-state index in [9.17, 15) is 4.39 Å². The van der Waals surface area contributed by atoms with Gasteiger partial charge in [-0.2, -0.15) is 0 Å². The molecule has 0 bridgehead atoms. The Labute approximate surface area is 187 Å². The van der Waals surface area contributed by atoms with Crippen LogP contribution in [0.5, 0.6) is 11.5 Å². The quantitative estimate of drug-likeness (QED) is 0.349. The number of nitrogens with one attached hydrogen (secondary N) is 1. The number of ether oxygens (including phenoxy) is 2. The van der Waals surface area contributed by atoms with Gasteiger partial charge in [-0.05, 0) is 76.4 Å². The highest BCUT2D eigenvalue weighted by molar-refractivity contribution is 9.10. The second kappa shape index (κ2) is 10.2. The van der Waals surface area contributed by atoms with Gasteiger partial charge in [0.2, 0.25) is 0 Å². The van der Waals surface area contributed by atoms with Gasteiger partial charge in [-0.1, -0.05) is 35.3 Å². The zero-order valence-corrected chi connectivity index (χ0v) is 18.7. The Morgan fingerprint density at radius 2 is 1.69 bits per heavy atom. The first kappa shape index (κ1) is 21.8. The van der Waals surface area contributed by atoms with Crippen LogP contribution in [0.15, 0.2) is 59.1 Å². The van der Waals surface area contributed by atoms with E-state index in [0.29, 0.717) is 41.3 Å². The van der Waals surface area contributed by atoms with E-state index in [1.54, 1.807) is 24.3 Å². The van der Waals surface area contributed by atoms with Crippen LogP contribution in [0, 0.1) is 5.82 Å². The van der Waals surface area contributed by atoms with Crippen molar-refractivity contribution in [2.75, 3.05) is 11.9 Å². The van der Waals surface area contributed by atoms with E-state index in [2.05, 4.69) is 21.2 Å². The summed E-state index contributed by atoms with van der Waals surface area (Å²) in [5, 5.41) is 4.32. The van der Waals surface area contributed by atoms with Gasteiger partial charge in [0.05, 0.1) is 21.1 Å². The summed E-state index contributed by atoms with van der Waals surface area (Å²) in [6, 6.07) is 15.5. The summed E-state index contributed by atoms with van der Waals surface area (Å²) in [5.41, 5.74) is 2.73. The fourth-order valence-corrected chi connectivity index (χ4v) is 3.57. The molecule has 0 fully saturated rings. The molecule has 3 aromatic rings. The Morgan fingerprint density at radius 1 is 0.931 bits per heavy atom. The third kappa shape index (κ3) is 6.01. The van der Waals surface area contributed by atoms with Crippen LogP contribution < -0.4 is 14.8 Å². The lowest BCUT2D eigenvalue weighted by molar-refractivity contribution is 0.267. The van der Waals surface area contributed by atoms with Crippen LogP contribution in [0.3, 0.4) is 0 Å². The van der Waals surface area contributed by atoms with E-state index >= 15 is 0 Å². The van der Waals surface area contributed by atoms with E-state index < -0.39 is 0 Å². The lowest BCUT2D eigenvalue weighted by atomic mass is 10.2. The Balaban J connectivity index is 1.74. The second-order valence-corrected chi connectivity index (χ2v) is 7.90. The van der Waals surface area contributed by atoms with Crippen LogP contribution in [0.4, 0.5) is 10.1 Å². The largest absolute Gasteiger partial charge is 0.490 e. The van der Waals surface area contributed by atoms with Crippen LogP contribution in [-0.4, -0.2) is 6.61 Å². The van der Waals surface area contributed by atoms with Crippen LogP contribution in [0.1, 0.15) is 18.1 Å². The minimum atomic E-state index is -0.274. The van der Waals surface area contributed by atoms with Crippen LogP contribution in [-0.2, 0) is 13.2 Å². The summed E-state index contributed by atoms with van der Waals surface area (Å²) in [5.74, 6) is 0.966. The minimum absolute atomic E-state index is 0.274. The van der Waals surface area contributed by atoms with Crippen molar-refractivity contribution in [2.24, 2.45) is 0 Å². The molecule has 0 atom stereocenters. The van der Waals surface area contributed by atoms with Crippen molar-refractivity contribution in [1.82, 2.24) is 0 Å². The lowest BCUT2D eigenvalue weighted by Crippen LogP contribution is -2.04. The Morgan fingerprint density at radius 3 is 2.38 bits per heavy atom. The highest BCUT2D eigenvalue weighted by Gasteiger charge is 2.13. The summed E-state index contributed by atoms with van der Waals surface area (Å²) in [6.07, 6.45) is 0. The van der Waals surface area contributed by atoms with Crippen molar-refractivity contribution in [2.45, 2.75) is 20.1 Å². The van der Waals surface area contributed by atoms with E-state index in [-0.39, 0.29) is 5.82 Å². The summed E-state index contributed by atoms with van der Waals surface area (Å²) >= 11 is 15.6. The van der Waals surface area contributed by atoms with Crippen LogP contribution in [0.2, 0.25) is 10.0 Å². The smallest absolute Gasteiger partial charge is 0.175 e. The molecular weight excluding hydrogens is 480 g/mol. The van der Waals surface area contributed by atoms with E-state index in [4.69, 9.17) is 32.7 Å². The molecule has 0 heterocycles. The zero-order chi connectivity index (χ0) is 20.8. The minimum Gasteiger partial charge on any atom is -0.490 e. The third-order valence-corrected chi connectivity index (χ3v) is 5.41. The molecule has 3 rings (SSSR count). The Hall–Kier alpha value is -1.95. The first-order valence-corrected chi connectivity index (χ1v) is 10.5. The molecule has 0 unspecified atom stereocenters. The van der Waals surface area contributed by atoms with Crippen LogP contribution >= 0.6 is 39.1 Å². The summed E-state index contributed by atoms with van der Waals surface area (Å²) in [7, 11) is 0. The SMILES string of the molecule is CCOc1cc(CNc2ccc(Cl)c(Cl)c2)cc(Br)c1OCc1ccc(F)cc1. The maximum absolute atomic E-state index is 13.1. The van der Waals surface area contributed by atoms with Crippen LogP contribution in [0.25, 0.3) is 0 Å². The second-order valence-electron chi connectivity index (χ2n) is 6.24. The average molecular weight is 499 g/mol. The van der Waals surface area contributed by atoms with Crippen molar-refractivity contribution in [3.05, 3.63) is 86.1 Å². The molecular formula is C22H19BrCl2FNO2. The molecule has 152 valence electrons. The zero-order valence-electron chi connectivity index (χ0n) is 15.6. The number of halogens is 4. The van der Waals surface area contributed by atoms with Gasteiger partial charge >= 0.3 is 0 Å². The average Bonchev–Trinajstić information content (AvgIpc) is 2.70. The predicted molar refractivity (Wildman–Crippen MR) is 120 cm³/mol. The molecule has 0 aliphatic rings. The van der Waals surface area contributed by atoms with Gasteiger partial charge < -0.3 is 14.8 Å².